The van der Waals surface area contributed by atoms with Crippen LogP contribution in [0.4, 0.5) is 11.4 Å². The Hall–Kier alpha value is -1.30. The molecule has 0 spiro atoms. The monoisotopic (exact) mass is 312 g/mol. The van der Waals surface area contributed by atoms with Crippen molar-refractivity contribution in [3.63, 3.8) is 0 Å². The van der Waals surface area contributed by atoms with Gasteiger partial charge in [0.2, 0.25) is 0 Å². The molecular formula is C12H13BrN2O3. The fourth-order valence-electron chi connectivity index (χ4n) is 2.70. The lowest BCUT2D eigenvalue weighted by Crippen LogP contribution is -2.46. The Morgan fingerprint density at radius 1 is 1.44 bits per heavy atom. The molecule has 0 aliphatic carbocycles. The highest BCUT2D eigenvalue weighted by Crippen LogP contribution is 2.44. The van der Waals surface area contributed by atoms with Gasteiger partial charge in [-0.25, -0.2) is 0 Å². The fourth-order valence-corrected chi connectivity index (χ4v) is 3.25. The van der Waals surface area contributed by atoms with Crippen molar-refractivity contribution in [2.75, 3.05) is 18.1 Å². The average molecular weight is 313 g/mol. The summed E-state index contributed by atoms with van der Waals surface area (Å²) in [7, 11) is 0. The summed E-state index contributed by atoms with van der Waals surface area (Å²) in [5, 5.41) is 10.9. The summed E-state index contributed by atoms with van der Waals surface area (Å²) in [6.07, 6.45) is 3.44. The van der Waals surface area contributed by atoms with Crippen LogP contribution in [0.15, 0.2) is 16.6 Å². The van der Waals surface area contributed by atoms with E-state index in [1.54, 1.807) is 6.07 Å². The van der Waals surface area contributed by atoms with Gasteiger partial charge in [-0.15, -0.1) is 0 Å². The van der Waals surface area contributed by atoms with Crippen LogP contribution in [0.3, 0.4) is 0 Å². The first-order valence-corrected chi connectivity index (χ1v) is 6.83. The Kier molecular flexibility index (Phi) is 2.89. The number of halogens is 1. The van der Waals surface area contributed by atoms with E-state index >= 15 is 0 Å². The molecule has 1 atom stereocenters. The van der Waals surface area contributed by atoms with Crippen molar-refractivity contribution in [2.45, 2.75) is 25.3 Å². The molecule has 1 saturated heterocycles. The number of non-ortho nitro benzene ring substituents is 1. The van der Waals surface area contributed by atoms with Crippen molar-refractivity contribution >= 4 is 27.3 Å². The maximum Gasteiger partial charge on any atom is 0.272 e. The fraction of sp³-hybridized carbons (Fsp3) is 0.500. The van der Waals surface area contributed by atoms with Gasteiger partial charge in [-0.1, -0.05) is 0 Å². The van der Waals surface area contributed by atoms with Crippen molar-refractivity contribution in [1.82, 2.24) is 0 Å². The number of nitro benzene ring substituents is 1. The third-order valence-electron chi connectivity index (χ3n) is 3.58. The maximum absolute atomic E-state index is 10.9. The Balaban J connectivity index is 2.08. The molecule has 0 aromatic heterocycles. The van der Waals surface area contributed by atoms with Crippen molar-refractivity contribution in [3.05, 3.63) is 26.7 Å². The van der Waals surface area contributed by atoms with Crippen molar-refractivity contribution in [2.24, 2.45) is 0 Å². The number of nitrogens with zero attached hydrogens (tertiary/aromatic N) is 2. The maximum atomic E-state index is 10.9. The van der Waals surface area contributed by atoms with Crippen LogP contribution in [-0.4, -0.2) is 24.1 Å². The first kappa shape index (κ1) is 11.8. The van der Waals surface area contributed by atoms with Crippen LogP contribution >= 0.6 is 15.9 Å². The lowest BCUT2D eigenvalue weighted by molar-refractivity contribution is -0.384. The van der Waals surface area contributed by atoms with E-state index in [0.717, 1.165) is 30.8 Å². The van der Waals surface area contributed by atoms with Crippen molar-refractivity contribution < 1.29 is 9.66 Å². The molecule has 18 heavy (non-hydrogen) atoms. The zero-order chi connectivity index (χ0) is 12.7. The first-order chi connectivity index (χ1) is 8.66. The predicted molar refractivity (Wildman–Crippen MR) is 71.3 cm³/mol. The Morgan fingerprint density at radius 2 is 2.28 bits per heavy atom. The number of nitro groups is 1. The van der Waals surface area contributed by atoms with E-state index in [2.05, 4.69) is 20.8 Å². The largest absolute Gasteiger partial charge is 0.488 e. The lowest BCUT2D eigenvalue weighted by Gasteiger charge is -2.41. The molecule has 0 saturated carbocycles. The van der Waals surface area contributed by atoms with E-state index in [4.69, 9.17) is 4.74 Å². The molecule has 0 radical (unpaired) electrons. The summed E-state index contributed by atoms with van der Waals surface area (Å²) < 4.78 is 6.41. The smallest absolute Gasteiger partial charge is 0.272 e. The summed E-state index contributed by atoms with van der Waals surface area (Å²) in [4.78, 5) is 12.8. The van der Waals surface area contributed by atoms with Crippen LogP contribution in [0.2, 0.25) is 0 Å². The standard InChI is InChI=1S/C12H13BrN2O3/c13-10-5-9(15(16)17)6-11-12(10)18-7-8-3-1-2-4-14(8)11/h5-6,8H,1-4,7H2. The highest BCUT2D eigenvalue weighted by atomic mass is 79.9. The SMILES string of the molecule is O=[N+]([O-])c1cc(Br)c2c(c1)N1CCCCC1CO2. The van der Waals surface area contributed by atoms with E-state index in [9.17, 15) is 10.1 Å². The van der Waals surface area contributed by atoms with E-state index in [0.29, 0.717) is 17.1 Å². The van der Waals surface area contributed by atoms with Gasteiger partial charge in [0.25, 0.3) is 5.69 Å². The second kappa shape index (κ2) is 4.42. The molecule has 2 aliphatic heterocycles. The number of hydrogen-bond donors (Lipinski definition) is 0. The van der Waals surface area contributed by atoms with Crippen LogP contribution in [0.5, 0.6) is 5.75 Å². The van der Waals surface area contributed by atoms with Gasteiger partial charge in [0, 0.05) is 18.7 Å². The molecule has 0 bridgehead atoms. The molecule has 96 valence electrons. The van der Waals surface area contributed by atoms with E-state index in [1.165, 1.54) is 12.5 Å². The van der Waals surface area contributed by atoms with Gasteiger partial charge in [-0.2, -0.15) is 0 Å². The van der Waals surface area contributed by atoms with Crippen LogP contribution < -0.4 is 9.64 Å². The first-order valence-electron chi connectivity index (χ1n) is 6.04. The number of anilines is 1. The van der Waals surface area contributed by atoms with Crippen LogP contribution in [-0.2, 0) is 0 Å². The predicted octanol–water partition coefficient (Wildman–Crippen LogP) is 3.11. The highest BCUT2D eigenvalue weighted by molar-refractivity contribution is 9.10. The number of ether oxygens (including phenoxy) is 1. The normalized spacial score (nSPS) is 21.8. The Morgan fingerprint density at radius 3 is 3.06 bits per heavy atom. The summed E-state index contributed by atoms with van der Waals surface area (Å²) in [5.74, 6) is 0.735. The molecule has 3 rings (SSSR count). The molecule has 1 aromatic carbocycles. The summed E-state index contributed by atoms with van der Waals surface area (Å²) in [6.45, 7) is 1.62. The molecule has 1 aromatic rings. The molecule has 6 heteroatoms. The minimum absolute atomic E-state index is 0.107. The topological polar surface area (TPSA) is 55.6 Å². The highest BCUT2D eigenvalue weighted by Gasteiger charge is 2.32. The molecule has 2 heterocycles. The minimum atomic E-state index is -0.363. The third-order valence-corrected chi connectivity index (χ3v) is 4.17. The lowest BCUT2D eigenvalue weighted by atomic mass is 10.00. The molecule has 1 unspecified atom stereocenters. The zero-order valence-electron chi connectivity index (χ0n) is 9.76. The number of piperidine rings is 1. The van der Waals surface area contributed by atoms with Gasteiger partial charge in [-0.3, -0.25) is 10.1 Å². The van der Waals surface area contributed by atoms with Gasteiger partial charge in [-0.05, 0) is 35.2 Å². The van der Waals surface area contributed by atoms with Crippen molar-refractivity contribution in [3.8, 4) is 5.75 Å². The minimum Gasteiger partial charge on any atom is -0.488 e. The summed E-state index contributed by atoms with van der Waals surface area (Å²) in [6, 6.07) is 3.49. The number of benzene rings is 1. The van der Waals surface area contributed by atoms with Gasteiger partial charge in [0.1, 0.15) is 6.61 Å². The second-order valence-electron chi connectivity index (χ2n) is 4.69. The number of hydrogen-bond acceptors (Lipinski definition) is 4. The molecule has 0 amide bonds. The zero-order valence-corrected chi connectivity index (χ0v) is 11.4. The van der Waals surface area contributed by atoms with Crippen LogP contribution in [0.25, 0.3) is 0 Å². The van der Waals surface area contributed by atoms with Crippen LogP contribution in [0, 0.1) is 10.1 Å². The molecule has 1 fully saturated rings. The van der Waals surface area contributed by atoms with E-state index in [1.807, 2.05) is 0 Å². The van der Waals surface area contributed by atoms with Crippen LogP contribution in [0.1, 0.15) is 19.3 Å². The van der Waals surface area contributed by atoms with Gasteiger partial charge in [0.05, 0.1) is 21.1 Å². The molecule has 0 N–H and O–H groups in total. The average Bonchev–Trinajstić information content (AvgIpc) is 2.38. The second-order valence-corrected chi connectivity index (χ2v) is 5.54. The number of fused-ring (bicyclic) bond motifs is 3. The third kappa shape index (κ3) is 1.84. The summed E-state index contributed by atoms with van der Waals surface area (Å²) >= 11 is 3.36. The van der Waals surface area contributed by atoms with E-state index < -0.39 is 0 Å². The van der Waals surface area contributed by atoms with Crippen molar-refractivity contribution in [1.29, 1.82) is 0 Å². The van der Waals surface area contributed by atoms with Gasteiger partial charge in [0.15, 0.2) is 5.75 Å². The summed E-state index contributed by atoms with van der Waals surface area (Å²) in [5.41, 5.74) is 0.961. The van der Waals surface area contributed by atoms with E-state index in [-0.39, 0.29) is 10.6 Å². The number of rotatable bonds is 1. The molecule has 2 aliphatic rings. The van der Waals surface area contributed by atoms with Gasteiger partial charge < -0.3 is 9.64 Å². The molecular weight excluding hydrogens is 300 g/mol. The quantitative estimate of drug-likeness (QED) is 0.590. The molecule has 5 nitrogen and oxygen atoms in total. The Labute approximate surface area is 113 Å². The Bertz CT molecular complexity index is 506. The van der Waals surface area contributed by atoms with Gasteiger partial charge >= 0.3 is 0 Å².